The van der Waals surface area contributed by atoms with Gasteiger partial charge in [-0.2, -0.15) is 0 Å². The molecule has 2 aliphatic rings. The third-order valence-electron chi connectivity index (χ3n) is 3.95. The Kier molecular flexibility index (Phi) is 4.17. The number of carbonyl (C=O) groups is 3. The summed E-state index contributed by atoms with van der Waals surface area (Å²) in [6.07, 6.45) is 1.41. The van der Waals surface area contributed by atoms with E-state index in [1.807, 2.05) is 0 Å². The Morgan fingerprint density at radius 3 is 3.00 bits per heavy atom. The summed E-state index contributed by atoms with van der Waals surface area (Å²) in [4.78, 5) is 41.7. The van der Waals surface area contributed by atoms with Crippen LogP contribution in [0.4, 0.5) is 9.93 Å². The van der Waals surface area contributed by atoms with Crippen LogP contribution in [0.25, 0.3) is 0 Å². The van der Waals surface area contributed by atoms with Crippen molar-refractivity contribution in [2.75, 3.05) is 12.1 Å². The number of imide groups is 1. The van der Waals surface area contributed by atoms with E-state index in [1.54, 1.807) is 29.8 Å². The summed E-state index contributed by atoms with van der Waals surface area (Å²) in [7, 11) is 0. The van der Waals surface area contributed by atoms with Gasteiger partial charge in [0.05, 0.1) is 13.0 Å². The molecule has 4 rings (SSSR count). The summed E-state index contributed by atoms with van der Waals surface area (Å²) in [6.45, 7) is 0.240. The number of hydrogen-bond donors (Lipinski definition) is 2. The second kappa shape index (κ2) is 6.64. The molecule has 0 spiro atoms. The van der Waals surface area contributed by atoms with Crippen molar-refractivity contribution < 1.29 is 23.9 Å². The summed E-state index contributed by atoms with van der Waals surface area (Å²) < 4.78 is 10.5. The molecule has 0 saturated carbocycles. The highest BCUT2D eigenvalue weighted by molar-refractivity contribution is 7.13. The zero-order chi connectivity index (χ0) is 18.1. The number of hydrogen-bond acceptors (Lipinski definition) is 7. The first kappa shape index (κ1) is 16.3. The van der Waals surface area contributed by atoms with Crippen LogP contribution in [0.3, 0.4) is 0 Å². The Hall–Kier alpha value is -3.14. The molecule has 1 aromatic heterocycles. The van der Waals surface area contributed by atoms with Crippen molar-refractivity contribution >= 4 is 34.3 Å². The number of urea groups is 1. The molecule has 3 heterocycles. The predicted molar refractivity (Wildman–Crippen MR) is 90.8 cm³/mol. The molecule has 1 atom stereocenters. The number of nitrogens with zero attached hydrogens (tertiary/aromatic N) is 2. The van der Waals surface area contributed by atoms with Crippen molar-refractivity contribution in [3.63, 3.8) is 0 Å². The van der Waals surface area contributed by atoms with Gasteiger partial charge in [-0.15, -0.1) is 11.3 Å². The van der Waals surface area contributed by atoms with Crippen molar-refractivity contribution in [1.82, 2.24) is 15.2 Å². The molecule has 1 aromatic carbocycles. The number of rotatable bonds is 5. The van der Waals surface area contributed by atoms with Gasteiger partial charge in [0.15, 0.2) is 16.6 Å². The van der Waals surface area contributed by atoms with Crippen LogP contribution in [0.1, 0.15) is 12.0 Å². The number of carbonyl (C=O) groups excluding carboxylic acids is 3. The van der Waals surface area contributed by atoms with Crippen molar-refractivity contribution in [2.45, 2.75) is 19.0 Å². The van der Waals surface area contributed by atoms with Crippen LogP contribution in [-0.4, -0.2) is 40.6 Å². The van der Waals surface area contributed by atoms with Crippen LogP contribution < -0.4 is 20.1 Å². The van der Waals surface area contributed by atoms with Crippen molar-refractivity contribution in [1.29, 1.82) is 0 Å². The van der Waals surface area contributed by atoms with Crippen LogP contribution in [0.5, 0.6) is 11.5 Å². The molecular formula is C16H14N4O5S. The molecule has 0 radical (unpaired) electrons. The monoisotopic (exact) mass is 374 g/mol. The van der Waals surface area contributed by atoms with Crippen LogP contribution >= 0.6 is 11.3 Å². The minimum Gasteiger partial charge on any atom is -0.454 e. The van der Waals surface area contributed by atoms with Gasteiger partial charge >= 0.3 is 6.03 Å². The fraction of sp³-hybridized carbons (Fsp3) is 0.250. The Morgan fingerprint density at radius 1 is 1.35 bits per heavy atom. The van der Waals surface area contributed by atoms with Gasteiger partial charge in [-0.3, -0.25) is 14.5 Å². The Bertz CT molecular complexity index is 870. The van der Waals surface area contributed by atoms with E-state index in [1.165, 1.54) is 11.3 Å². The highest BCUT2D eigenvalue weighted by Gasteiger charge is 2.39. The molecule has 1 fully saturated rings. The van der Waals surface area contributed by atoms with Crippen molar-refractivity contribution in [3.8, 4) is 11.5 Å². The Morgan fingerprint density at radius 2 is 2.19 bits per heavy atom. The second-order valence-corrected chi connectivity index (χ2v) is 6.60. The van der Waals surface area contributed by atoms with E-state index in [0.717, 1.165) is 10.5 Å². The smallest absolute Gasteiger partial charge is 0.325 e. The van der Waals surface area contributed by atoms with E-state index >= 15 is 0 Å². The van der Waals surface area contributed by atoms with Crippen LogP contribution in [0.2, 0.25) is 0 Å². The molecule has 4 amide bonds. The highest BCUT2D eigenvalue weighted by atomic mass is 32.1. The normalized spacial score (nSPS) is 18.2. The molecule has 2 aromatic rings. The minimum absolute atomic E-state index is 0.0892. The predicted octanol–water partition coefficient (Wildman–Crippen LogP) is 1.32. The third kappa shape index (κ3) is 3.18. The molecule has 9 nitrogen and oxygen atoms in total. The van der Waals surface area contributed by atoms with E-state index in [9.17, 15) is 14.4 Å². The lowest BCUT2D eigenvalue weighted by molar-refractivity contribution is -0.130. The van der Waals surface area contributed by atoms with E-state index in [2.05, 4.69) is 15.6 Å². The molecule has 26 heavy (non-hydrogen) atoms. The van der Waals surface area contributed by atoms with Gasteiger partial charge in [-0.05, 0) is 17.7 Å². The molecular weight excluding hydrogens is 360 g/mol. The lowest BCUT2D eigenvalue weighted by atomic mass is 10.1. The quantitative estimate of drug-likeness (QED) is 0.764. The highest BCUT2D eigenvalue weighted by Crippen LogP contribution is 2.33. The van der Waals surface area contributed by atoms with Crippen molar-refractivity contribution in [3.05, 3.63) is 35.3 Å². The summed E-state index contributed by atoms with van der Waals surface area (Å²) in [5.74, 6) is 0.377. The first-order valence-electron chi connectivity index (χ1n) is 7.80. The molecule has 1 saturated heterocycles. The maximum absolute atomic E-state index is 12.5. The van der Waals surface area contributed by atoms with E-state index in [4.69, 9.17) is 9.47 Å². The van der Waals surface area contributed by atoms with Gasteiger partial charge in [0.25, 0.3) is 5.91 Å². The average Bonchev–Trinajstić information content (AvgIpc) is 3.33. The van der Waals surface area contributed by atoms with E-state index in [0.29, 0.717) is 16.6 Å². The summed E-state index contributed by atoms with van der Waals surface area (Å²) in [5, 5.41) is 7.31. The number of ether oxygens (including phenoxy) is 2. The van der Waals surface area contributed by atoms with Gasteiger partial charge in [-0.1, -0.05) is 6.07 Å². The topological polar surface area (TPSA) is 110 Å². The average molecular weight is 374 g/mol. The second-order valence-electron chi connectivity index (χ2n) is 5.70. The lowest BCUT2D eigenvalue weighted by Crippen LogP contribution is -2.34. The van der Waals surface area contributed by atoms with Crippen molar-refractivity contribution in [2.24, 2.45) is 0 Å². The van der Waals surface area contributed by atoms with Crippen LogP contribution in [0, 0.1) is 0 Å². The van der Waals surface area contributed by atoms with E-state index < -0.39 is 18.0 Å². The molecule has 0 aliphatic carbocycles. The van der Waals surface area contributed by atoms with Crippen LogP contribution in [0.15, 0.2) is 29.8 Å². The first-order valence-corrected chi connectivity index (χ1v) is 8.68. The van der Waals surface area contributed by atoms with Gasteiger partial charge in [0.2, 0.25) is 12.7 Å². The summed E-state index contributed by atoms with van der Waals surface area (Å²) in [6, 6.07) is 3.80. The molecule has 134 valence electrons. The summed E-state index contributed by atoms with van der Waals surface area (Å²) in [5.41, 5.74) is 0.727. The van der Waals surface area contributed by atoms with Gasteiger partial charge in [0, 0.05) is 11.6 Å². The number of aromatic nitrogens is 1. The largest absolute Gasteiger partial charge is 0.454 e. The standard InChI is InChI=1S/C16H14N4O5S/c21-13(19-15-17-3-4-26-15)6-10-14(22)20(16(23)18-10)7-9-1-2-11-12(5-9)25-8-24-11/h1-5,10H,6-8H2,(H,18,23)(H,17,19,21)/t10-/m1/s1. The SMILES string of the molecule is O=C(C[C@H]1NC(=O)N(Cc2ccc3c(c2)OCO3)C1=O)Nc1nccs1. The Balaban J connectivity index is 1.40. The maximum atomic E-state index is 12.5. The number of nitrogens with one attached hydrogen (secondary N) is 2. The van der Waals surface area contributed by atoms with E-state index in [-0.39, 0.29) is 25.7 Å². The number of benzene rings is 1. The minimum atomic E-state index is -0.892. The zero-order valence-corrected chi connectivity index (χ0v) is 14.2. The van der Waals surface area contributed by atoms with Gasteiger partial charge < -0.3 is 20.1 Å². The zero-order valence-electron chi connectivity index (χ0n) is 13.4. The number of anilines is 1. The molecule has 0 bridgehead atoms. The molecule has 2 aliphatic heterocycles. The lowest BCUT2D eigenvalue weighted by Gasteiger charge is -2.13. The van der Waals surface area contributed by atoms with Gasteiger partial charge in [-0.25, -0.2) is 9.78 Å². The Labute approximate surface area is 151 Å². The fourth-order valence-electron chi connectivity index (χ4n) is 2.73. The molecule has 10 heteroatoms. The molecule has 2 N–H and O–H groups in total. The number of fused-ring (bicyclic) bond motifs is 1. The number of thiazole rings is 1. The van der Waals surface area contributed by atoms with Crippen LogP contribution in [-0.2, 0) is 16.1 Å². The maximum Gasteiger partial charge on any atom is 0.325 e. The number of amides is 4. The van der Waals surface area contributed by atoms with Gasteiger partial charge in [0.1, 0.15) is 6.04 Å². The molecule has 0 unspecified atom stereocenters. The first-order chi connectivity index (χ1) is 12.6. The fourth-order valence-corrected chi connectivity index (χ4v) is 3.27. The summed E-state index contributed by atoms with van der Waals surface area (Å²) >= 11 is 1.27. The third-order valence-corrected chi connectivity index (χ3v) is 4.64.